The Balaban J connectivity index is 1.74. The van der Waals surface area contributed by atoms with E-state index in [-0.39, 0.29) is 0 Å². The molecule has 2 unspecified atom stereocenters. The average Bonchev–Trinajstić information content (AvgIpc) is 3.12. The molecule has 1 aliphatic carbocycles. The average molecular weight is 249 g/mol. The van der Waals surface area contributed by atoms with Crippen LogP contribution in [0.3, 0.4) is 0 Å². The molecule has 1 aromatic rings. The van der Waals surface area contributed by atoms with E-state index in [0.29, 0.717) is 6.04 Å². The zero-order valence-corrected chi connectivity index (χ0v) is 12.0. The maximum absolute atomic E-state index is 4.66. The van der Waals surface area contributed by atoms with Crippen LogP contribution in [0, 0.1) is 5.92 Å². The van der Waals surface area contributed by atoms with Gasteiger partial charge in [0, 0.05) is 18.3 Å². The van der Waals surface area contributed by atoms with E-state index in [1.807, 2.05) is 0 Å². The summed E-state index contributed by atoms with van der Waals surface area (Å²) in [7, 11) is 2.10. The molecule has 1 N–H and O–H groups in total. The monoisotopic (exact) mass is 249 g/mol. The van der Waals surface area contributed by atoms with Gasteiger partial charge in [-0.05, 0) is 64.5 Å². The lowest BCUT2D eigenvalue weighted by Gasteiger charge is -2.14. The van der Waals surface area contributed by atoms with Gasteiger partial charge in [0.15, 0.2) is 0 Å². The third-order valence-electron chi connectivity index (χ3n) is 4.22. The van der Waals surface area contributed by atoms with E-state index in [1.54, 1.807) is 0 Å². The number of hydrogen-bond donors (Lipinski definition) is 1. The smallest absolute Gasteiger partial charge is 0.0624 e. The molecule has 1 aromatic heterocycles. The van der Waals surface area contributed by atoms with Crippen LogP contribution in [0.25, 0.3) is 0 Å². The van der Waals surface area contributed by atoms with E-state index in [1.165, 1.54) is 31.4 Å². The van der Waals surface area contributed by atoms with E-state index in [2.05, 4.69) is 48.3 Å². The fourth-order valence-corrected chi connectivity index (χ4v) is 2.56. The lowest BCUT2D eigenvalue weighted by molar-refractivity contribution is 0.449. The molecule has 1 fully saturated rings. The van der Waals surface area contributed by atoms with Gasteiger partial charge in [-0.2, -0.15) is 5.10 Å². The fourth-order valence-electron chi connectivity index (χ4n) is 2.56. The first-order chi connectivity index (χ1) is 8.74. The van der Waals surface area contributed by atoms with Crippen molar-refractivity contribution < 1.29 is 0 Å². The molecule has 1 aliphatic rings. The van der Waals surface area contributed by atoms with Crippen LogP contribution >= 0.6 is 0 Å². The summed E-state index contributed by atoms with van der Waals surface area (Å²) in [5.41, 5.74) is 1.25. The molecule has 0 aliphatic heterocycles. The highest BCUT2D eigenvalue weighted by Crippen LogP contribution is 2.34. The van der Waals surface area contributed by atoms with Gasteiger partial charge in [0.25, 0.3) is 0 Å². The van der Waals surface area contributed by atoms with Gasteiger partial charge >= 0.3 is 0 Å². The summed E-state index contributed by atoms with van der Waals surface area (Å²) in [6.07, 6.45) is 9.78. The maximum atomic E-state index is 4.66. The summed E-state index contributed by atoms with van der Waals surface area (Å²) in [6, 6.07) is 3.44. The quantitative estimate of drug-likeness (QED) is 0.767. The zero-order valence-electron chi connectivity index (χ0n) is 12.0. The second-order valence-corrected chi connectivity index (χ2v) is 5.67. The molecule has 0 saturated heterocycles. The lowest BCUT2D eigenvalue weighted by Crippen LogP contribution is -2.27. The lowest BCUT2D eigenvalue weighted by atomic mass is 10.0. The third kappa shape index (κ3) is 3.58. The van der Waals surface area contributed by atoms with Gasteiger partial charge in [-0.15, -0.1) is 0 Å². The van der Waals surface area contributed by atoms with Gasteiger partial charge in [0.05, 0.1) is 5.69 Å². The highest BCUT2D eigenvalue weighted by atomic mass is 15.3. The Bertz CT molecular complexity index is 354. The number of rotatable bonds is 8. The molecule has 0 aromatic carbocycles. The highest BCUT2D eigenvalue weighted by Gasteiger charge is 2.29. The van der Waals surface area contributed by atoms with Gasteiger partial charge < -0.3 is 5.32 Å². The Morgan fingerprint density at radius 2 is 2.28 bits per heavy atom. The molecule has 0 amide bonds. The zero-order chi connectivity index (χ0) is 13.0. The van der Waals surface area contributed by atoms with Crippen LogP contribution in [0.5, 0.6) is 0 Å². The molecule has 1 heterocycles. The van der Waals surface area contributed by atoms with E-state index < -0.39 is 0 Å². The number of aryl methyl sites for hydroxylation is 1. The molecule has 0 radical (unpaired) electrons. The summed E-state index contributed by atoms with van der Waals surface area (Å²) in [5.74, 6) is 0.952. The molecule has 3 heteroatoms. The first-order valence-corrected chi connectivity index (χ1v) is 7.46. The predicted octanol–water partition coefficient (Wildman–Crippen LogP) is 3.17. The standard InChI is InChI=1S/C15H27N3/c1-4-12(2)18-11-10-14(17-18)6-5-7-15(16-3)13-8-9-13/h10-13,15-16H,4-9H2,1-3H3. The van der Waals surface area contributed by atoms with Crippen molar-refractivity contribution >= 4 is 0 Å². The molecule has 2 rings (SSSR count). The second-order valence-electron chi connectivity index (χ2n) is 5.67. The Labute approximate surface area is 111 Å². The van der Waals surface area contributed by atoms with Gasteiger partial charge in [-0.3, -0.25) is 4.68 Å². The van der Waals surface area contributed by atoms with E-state index in [9.17, 15) is 0 Å². The van der Waals surface area contributed by atoms with Gasteiger partial charge in [0.2, 0.25) is 0 Å². The van der Waals surface area contributed by atoms with Crippen molar-refractivity contribution in [1.29, 1.82) is 0 Å². The first kappa shape index (κ1) is 13.6. The van der Waals surface area contributed by atoms with Crippen LogP contribution in [0.4, 0.5) is 0 Å². The predicted molar refractivity (Wildman–Crippen MR) is 75.7 cm³/mol. The fraction of sp³-hybridized carbons (Fsp3) is 0.800. The number of aromatic nitrogens is 2. The highest BCUT2D eigenvalue weighted by molar-refractivity contribution is 5.00. The van der Waals surface area contributed by atoms with Crippen molar-refractivity contribution in [2.45, 2.75) is 64.5 Å². The molecule has 0 spiro atoms. The van der Waals surface area contributed by atoms with Crippen LogP contribution < -0.4 is 5.32 Å². The van der Waals surface area contributed by atoms with E-state index in [4.69, 9.17) is 0 Å². The molecule has 18 heavy (non-hydrogen) atoms. The Morgan fingerprint density at radius 1 is 1.50 bits per heavy atom. The van der Waals surface area contributed by atoms with Crippen LogP contribution in [0.2, 0.25) is 0 Å². The van der Waals surface area contributed by atoms with Crippen molar-refractivity contribution in [3.8, 4) is 0 Å². The summed E-state index contributed by atoms with van der Waals surface area (Å²) in [4.78, 5) is 0. The van der Waals surface area contributed by atoms with Crippen LogP contribution in [0.1, 0.15) is 57.7 Å². The maximum Gasteiger partial charge on any atom is 0.0624 e. The summed E-state index contributed by atoms with van der Waals surface area (Å²) in [5, 5.41) is 8.12. The summed E-state index contributed by atoms with van der Waals surface area (Å²) in [6.45, 7) is 4.43. The van der Waals surface area contributed by atoms with Gasteiger partial charge in [-0.1, -0.05) is 6.92 Å². The molecule has 0 bridgehead atoms. The minimum absolute atomic E-state index is 0.523. The van der Waals surface area contributed by atoms with E-state index in [0.717, 1.165) is 24.8 Å². The van der Waals surface area contributed by atoms with Gasteiger partial charge in [0.1, 0.15) is 0 Å². The van der Waals surface area contributed by atoms with Gasteiger partial charge in [-0.25, -0.2) is 0 Å². The number of hydrogen-bond acceptors (Lipinski definition) is 2. The molecule has 2 atom stereocenters. The molecule has 1 saturated carbocycles. The Hall–Kier alpha value is -0.830. The normalized spacial score (nSPS) is 18.8. The minimum Gasteiger partial charge on any atom is -0.317 e. The largest absolute Gasteiger partial charge is 0.317 e. The topological polar surface area (TPSA) is 29.9 Å². The second kappa shape index (κ2) is 6.37. The van der Waals surface area contributed by atoms with Crippen molar-refractivity contribution in [1.82, 2.24) is 15.1 Å². The molecule has 3 nitrogen and oxygen atoms in total. The summed E-state index contributed by atoms with van der Waals surface area (Å²) >= 11 is 0. The Kier molecular flexibility index (Phi) is 4.81. The van der Waals surface area contributed by atoms with E-state index >= 15 is 0 Å². The van der Waals surface area contributed by atoms with Crippen LogP contribution in [0.15, 0.2) is 12.3 Å². The van der Waals surface area contributed by atoms with Crippen LogP contribution in [-0.2, 0) is 6.42 Å². The van der Waals surface area contributed by atoms with Crippen molar-refractivity contribution in [2.24, 2.45) is 5.92 Å². The first-order valence-electron chi connectivity index (χ1n) is 7.46. The minimum atomic E-state index is 0.523. The number of nitrogens with zero attached hydrogens (tertiary/aromatic N) is 2. The third-order valence-corrected chi connectivity index (χ3v) is 4.22. The van der Waals surface area contributed by atoms with Crippen molar-refractivity contribution in [2.75, 3.05) is 7.05 Å². The van der Waals surface area contributed by atoms with Crippen molar-refractivity contribution in [3.05, 3.63) is 18.0 Å². The summed E-state index contributed by atoms with van der Waals surface area (Å²) < 4.78 is 2.10. The number of nitrogens with one attached hydrogen (secondary N) is 1. The molecule has 102 valence electrons. The molecular formula is C15H27N3. The SMILES string of the molecule is CCC(C)n1ccc(CCCC(NC)C2CC2)n1. The molecular weight excluding hydrogens is 222 g/mol. The van der Waals surface area contributed by atoms with Crippen molar-refractivity contribution in [3.63, 3.8) is 0 Å². The van der Waals surface area contributed by atoms with Crippen LogP contribution in [-0.4, -0.2) is 22.9 Å². The Morgan fingerprint density at radius 3 is 2.89 bits per heavy atom.